The maximum Gasteiger partial charge on any atom is 0.217 e. The van der Waals surface area contributed by atoms with E-state index in [1.165, 1.54) is 0 Å². The SMILES string of the molecule is COc1cc(OC)c2c(CCCC(N)=O)c[nH]c2c1. The van der Waals surface area contributed by atoms with Crippen molar-refractivity contribution in [2.75, 3.05) is 14.2 Å². The molecule has 1 aromatic carbocycles. The number of fused-ring (bicyclic) bond motifs is 1. The number of carbonyl (C=O) groups excluding carboxylic acids is 1. The number of H-pyrrole nitrogens is 1. The average Bonchev–Trinajstić information content (AvgIpc) is 2.80. The first-order chi connectivity index (χ1) is 9.15. The van der Waals surface area contributed by atoms with E-state index >= 15 is 0 Å². The van der Waals surface area contributed by atoms with Gasteiger partial charge in [0.25, 0.3) is 0 Å². The second-order valence-corrected chi connectivity index (χ2v) is 4.39. The summed E-state index contributed by atoms with van der Waals surface area (Å²) in [5, 5.41) is 1.03. The summed E-state index contributed by atoms with van der Waals surface area (Å²) in [6, 6.07) is 3.78. The van der Waals surface area contributed by atoms with Gasteiger partial charge in [0.1, 0.15) is 11.5 Å². The van der Waals surface area contributed by atoms with Crippen LogP contribution >= 0.6 is 0 Å². The molecule has 0 radical (unpaired) electrons. The number of methoxy groups -OCH3 is 2. The van der Waals surface area contributed by atoms with Crippen molar-refractivity contribution in [2.45, 2.75) is 19.3 Å². The highest BCUT2D eigenvalue weighted by atomic mass is 16.5. The fourth-order valence-electron chi connectivity index (χ4n) is 2.20. The van der Waals surface area contributed by atoms with E-state index in [0.717, 1.165) is 40.8 Å². The Morgan fingerprint density at radius 3 is 2.74 bits per heavy atom. The lowest BCUT2D eigenvalue weighted by Crippen LogP contribution is -2.10. The fourth-order valence-corrected chi connectivity index (χ4v) is 2.20. The quantitative estimate of drug-likeness (QED) is 0.835. The Hall–Kier alpha value is -2.17. The van der Waals surface area contributed by atoms with Gasteiger partial charge < -0.3 is 20.2 Å². The second kappa shape index (κ2) is 5.65. The van der Waals surface area contributed by atoms with Crippen LogP contribution in [0.15, 0.2) is 18.3 Å². The summed E-state index contributed by atoms with van der Waals surface area (Å²) in [7, 11) is 3.26. The van der Waals surface area contributed by atoms with Crippen LogP contribution in [0, 0.1) is 0 Å². The molecule has 1 heterocycles. The number of benzene rings is 1. The summed E-state index contributed by atoms with van der Waals surface area (Å²) < 4.78 is 10.6. The largest absolute Gasteiger partial charge is 0.497 e. The molecule has 0 atom stereocenters. The van der Waals surface area contributed by atoms with Crippen LogP contribution in [0.1, 0.15) is 18.4 Å². The van der Waals surface area contributed by atoms with Crippen molar-refractivity contribution in [3.05, 3.63) is 23.9 Å². The molecule has 1 amide bonds. The minimum atomic E-state index is -0.270. The number of primary amides is 1. The number of hydrogen-bond donors (Lipinski definition) is 2. The van der Waals surface area contributed by atoms with E-state index < -0.39 is 0 Å². The number of aromatic nitrogens is 1. The maximum atomic E-state index is 10.8. The predicted molar refractivity (Wildman–Crippen MR) is 73.5 cm³/mol. The van der Waals surface area contributed by atoms with Crippen molar-refractivity contribution in [1.82, 2.24) is 4.98 Å². The first-order valence-corrected chi connectivity index (χ1v) is 6.16. The molecule has 2 rings (SSSR count). The molecule has 0 unspecified atom stereocenters. The molecule has 5 heteroatoms. The molecule has 0 saturated heterocycles. The van der Waals surface area contributed by atoms with Crippen LogP contribution in [0.2, 0.25) is 0 Å². The zero-order valence-corrected chi connectivity index (χ0v) is 11.2. The number of ether oxygens (including phenoxy) is 2. The number of rotatable bonds is 6. The lowest BCUT2D eigenvalue weighted by molar-refractivity contribution is -0.118. The van der Waals surface area contributed by atoms with Crippen LogP contribution in [-0.2, 0) is 11.2 Å². The molecule has 0 aliphatic carbocycles. The summed E-state index contributed by atoms with van der Waals surface area (Å²) in [4.78, 5) is 14.0. The number of carbonyl (C=O) groups is 1. The molecule has 0 fully saturated rings. The lowest BCUT2D eigenvalue weighted by Gasteiger charge is -2.07. The summed E-state index contributed by atoms with van der Waals surface area (Å²) in [5.41, 5.74) is 7.23. The van der Waals surface area contributed by atoms with Gasteiger partial charge in [0.15, 0.2) is 0 Å². The third-order valence-corrected chi connectivity index (χ3v) is 3.12. The zero-order valence-electron chi connectivity index (χ0n) is 11.2. The minimum absolute atomic E-state index is 0.270. The normalized spacial score (nSPS) is 10.6. The summed E-state index contributed by atoms with van der Waals surface area (Å²) in [5.74, 6) is 1.24. The molecular weight excluding hydrogens is 244 g/mol. The van der Waals surface area contributed by atoms with Crippen molar-refractivity contribution in [2.24, 2.45) is 5.73 Å². The molecular formula is C14H18N2O3. The fraction of sp³-hybridized carbons (Fsp3) is 0.357. The molecule has 19 heavy (non-hydrogen) atoms. The summed E-state index contributed by atoms with van der Waals surface area (Å²) in [6.07, 6.45) is 3.85. The highest BCUT2D eigenvalue weighted by Gasteiger charge is 2.11. The van der Waals surface area contributed by atoms with Crippen molar-refractivity contribution < 1.29 is 14.3 Å². The molecule has 0 aliphatic heterocycles. The maximum absolute atomic E-state index is 10.8. The molecule has 5 nitrogen and oxygen atoms in total. The number of hydrogen-bond acceptors (Lipinski definition) is 3. The van der Waals surface area contributed by atoms with Gasteiger partial charge in [-0.15, -0.1) is 0 Å². The van der Waals surface area contributed by atoms with Gasteiger partial charge in [-0.25, -0.2) is 0 Å². The van der Waals surface area contributed by atoms with Gasteiger partial charge in [0.05, 0.1) is 19.7 Å². The standard InChI is InChI=1S/C14H18N2O3/c1-18-10-6-11-14(12(7-10)19-2)9(8-16-11)4-3-5-13(15)17/h6-8,16H,3-5H2,1-2H3,(H2,15,17). The van der Waals surface area contributed by atoms with E-state index in [1.54, 1.807) is 14.2 Å². The smallest absolute Gasteiger partial charge is 0.217 e. The van der Waals surface area contributed by atoms with E-state index in [2.05, 4.69) is 4.98 Å². The molecule has 1 aromatic heterocycles. The Labute approximate surface area is 111 Å². The van der Waals surface area contributed by atoms with E-state index in [0.29, 0.717) is 6.42 Å². The van der Waals surface area contributed by atoms with Crippen LogP contribution in [0.5, 0.6) is 11.5 Å². The van der Waals surface area contributed by atoms with Crippen molar-refractivity contribution in [1.29, 1.82) is 0 Å². The van der Waals surface area contributed by atoms with Crippen molar-refractivity contribution in [3.63, 3.8) is 0 Å². The highest BCUT2D eigenvalue weighted by Crippen LogP contribution is 2.33. The monoisotopic (exact) mass is 262 g/mol. The van der Waals surface area contributed by atoms with Gasteiger partial charge in [-0.3, -0.25) is 4.79 Å². The van der Waals surface area contributed by atoms with Gasteiger partial charge in [0.2, 0.25) is 5.91 Å². The van der Waals surface area contributed by atoms with Gasteiger partial charge in [-0.1, -0.05) is 0 Å². The van der Waals surface area contributed by atoms with Gasteiger partial charge in [-0.2, -0.15) is 0 Å². The van der Waals surface area contributed by atoms with E-state index in [-0.39, 0.29) is 5.91 Å². The van der Waals surface area contributed by atoms with Gasteiger partial charge >= 0.3 is 0 Å². The Bertz CT molecular complexity index is 590. The van der Waals surface area contributed by atoms with E-state index in [9.17, 15) is 4.79 Å². The number of nitrogens with two attached hydrogens (primary N) is 1. The predicted octanol–water partition coefficient (Wildman–Crippen LogP) is 1.99. The topological polar surface area (TPSA) is 77.3 Å². The van der Waals surface area contributed by atoms with Gasteiger partial charge in [-0.05, 0) is 18.4 Å². The van der Waals surface area contributed by atoms with Crippen LogP contribution in [-0.4, -0.2) is 25.1 Å². The highest BCUT2D eigenvalue weighted by molar-refractivity contribution is 5.90. The number of amides is 1. The van der Waals surface area contributed by atoms with Crippen LogP contribution in [0.25, 0.3) is 10.9 Å². The molecule has 0 saturated carbocycles. The van der Waals surface area contributed by atoms with Gasteiger partial charge in [0, 0.05) is 30.1 Å². The first kappa shape index (κ1) is 13.3. The Balaban J connectivity index is 2.32. The van der Waals surface area contributed by atoms with Crippen LogP contribution < -0.4 is 15.2 Å². The van der Waals surface area contributed by atoms with Crippen molar-refractivity contribution in [3.8, 4) is 11.5 Å². The zero-order chi connectivity index (χ0) is 13.8. The Kier molecular flexibility index (Phi) is 3.94. The summed E-state index contributed by atoms with van der Waals surface area (Å²) >= 11 is 0. The average molecular weight is 262 g/mol. The molecule has 0 bridgehead atoms. The molecule has 0 aliphatic rings. The lowest BCUT2D eigenvalue weighted by atomic mass is 10.1. The minimum Gasteiger partial charge on any atom is -0.497 e. The third-order valence-electron chi connectivity index (χ3n) is 3.12. The number of aromatic amines is 1. The molecule has 0 spiro atoms. The second-order valence-electron chi connectivity index (χ2n) is 4.39. The third kappa shape index (κ3) is 2.81. The molecule has 3 N–H and O–H groups in total. The number of nitrogens with one attached hydrogen (secondary N) is 1. The Morgan fingerprint density at radius 2 is 2.11 bits per heavy atom. The first-order valence-electron chi connectivity index (χ1n) is 6.16. The molecule has 2 aromatic rings. The summed E-state index contributed by atoms with van der Waals surface area (Å²) in [6.45, 7) is 0. The van der Waals surface area contributed by atoms with Crippen molar-refractivity contribution >= 4 is 16.8 Å². The Morgan fingerprint density at radius 1 is 1.32 bits per heavy atom. The van der Waals surface area contributed by atoms with E-state index in [4.69, 9.17) is 15.2 Å². The van der Waals surface area contributed by atoms with E-state index in [1.807, 2.05) is 18.3 Å². The molecule has 102 valence electrons. The van der Waals surface area contributed by atoms with Crippen LogP contribution in [0.4, 0.5) is 0 Å². The van der Waals surface area contributed by atoms with Crippen LogP contribution in [0.3, 0.4) is 0 Å². The number of aryl methyl sites for hydroxylation is 1.